The molecule has 0 aliphatic carbocycles. The van der Waals surface area contributed by atoms with Crippen LogP contribution in [0.1, 0.15) is 42.3 Å². The number of rotatable bonds is 3. The summed E-state index contributed by atoms with van der Waals surface area (Å²) in [6.45, 7) is 8.75. The van der Waals surface area contributed by atoms with Crippen molar-refractivity contribution in [1.29, 1.82) is 0 Å². The SMILES string of the molecule is Cc1ccc(CC(=O)n2cc(-c3ccccc3C(C)(C)C)c3ccccc32)cc1. The fourth-order valence-electron chi connectivity index (χ4n) is 3.94. The van der Waals surface area contributed by atoms with Crippen molar-refractivity contribution < 1.29 is 4.79 Å². The zero-order valence-corrected chi connectivity index (χ0v) is 17.6. The van der Waals surface area contributed by atoms with Crippen molar-refractivity contribution in [3.63, 3.8) is 0 Å². The maximum Gasteiger partial charge on any atom is 0.235 e. The first-order valence-electron chi connectivity index (χ1n) is 10.1. The van der Waals surface area contributed by atoms with Gasteiger partial charge in [-0.05, 0) is 35.1 Å². The monoisotopic (exact) mass is 381 g/mol. The number of hydrogen-bond acceptors (Lipinski definition) is 1. The molecule has 0 saturated heterocycles. The molecule has 0 aliphatic heterocycles. The highest BCUT2D eigenvalue weighted by Gasteiger charge is 2.22. The molecule has 0 atom stereocenters. The maximum absolute atomic E-state index is 13.2. The average molecular weight is 382 g/mol. The lowest BCUT2D eigenvalue weighted by Crippen LogP contribution is -2.13. The van der Waals surface area contributed by atoms with E-state index in [0.29, 0.717) is 6.42 Å². The molecule has 1 aromatic heterocycles. The predicted octanol–water partition coefficient (Wildman–Crippen LogP) is 6.80. The Hall–Kier alpha value is -3.13. The number of nitrogens with zero attached hydrogens (tertiary/aromatic N) is 1. The second-order valence-corrected chi connectivity index (χ2v) is 8.78. The topological polar surface area (TPSA) is 22.0 Å². The number of carbonyl (C=O) groups is 1. The van der Waals surface area contributed by atoms with Crippen LogP contribution in [0, 0.1) is 6.92 Å². The van der Waals surface area contributed by atoms with Gasteiger partial charge in [0, 0.05) is 17.1 Å². The van der Waals surface area contributed by atoms with E-state index in [1.165, 1.54) is 16.7 Å². The summed E-state index contributed by atoms with van der Waals surface area (Å²) in [7, 11) is 0. The highest BCUT2D eigenvalue weighted by Crippen LogP contribution is 2.37. The molecule has 0 bridgehead atoms. The van der Waals surface area contributed by atoms with Gasteiger partial charge in [-0.25, -0.2) is 0 Å². The molecule has 2 nitrogen and oxygen atoms in total. The summed E-state index contributed by atoms with van der Waals surface area (Å²) in [6.07, 6.45) is 2.41. The standard InChI is InChI=1S/C27H27NO/c1-19-13-15-20(16-14-19)17-26(29)28-18-23(22-10-6-8-12-25(22)28)21-9-5-7-11-24(21)27(2,3)4/h5-16,18H,17H2,1-4H3. The molecular weight excluding hydrogens is 354 g/mol. The van der Waals surface area contributed by atoms with E-state index in [1.54, 1.807) is 0 Å². The fourth-order valence-corrected chi connectivity index (χ4v) is 3.94. The lowest BCUT2D eigenvalue weighted by Gasteiger charge is -2.22. The fraction of sp³-hybridized carbons (Fsp3) is 0.222. The summed E-state index contributed by atoms with van der Waals surface area (Å²) in [5.41, 5.74) is 6.81. The van der Waals surface area contributed by atoms with Crippen molar-refractivity contribution in [3.05, 3.63) is 95.7 Å². The summed E-state index contributed by atoms with van der Waals surface area (Å²) in [4.78, 5) is 13.2. The molecule has 0 fully saturated rings. The average Bonchev–Trinajstić information content (AvgIpc) is 3.09. The maximum atomic E-state index is 13.2. The Balaban J connectivity index is 1.83. The van der Waals surface area contributed by atoms with Gasteiger partial charge in [0.2, 0.25) is 5.91 Å². The van der Waals surface area contributed by atoms with Crippen LogP contribution in [0.2, 0.25) is 0 Å². The third-order valence-electron chi connectivity index (χ3n) is 5.48. The summed E-state index contributed by atoms with van der Waals surface area (Å²) in [6, 6.07) is 24.9. The van der Waals surface area contributed by atoms with Gasteiger partial charge in [-0.15, -0.1) is 0 Å². The van der Waals surface area contributed by atoms with E-state index >= 15 is 0 Å². The van der Waals surface area contributed by atoms with Crippen molar-refractivity contribution >= 4 is 16.8 Å². The Morgan fingerprint density at radius 3 is 2.21 bits per heavy atom. The lowest BCUT2D eigenvalue weighted by atomic mass is 9.82. The number of para-hydroxylation sites is 1. The second kappa shape index (κ2) is 7.36. The first kappa shape index (κ1) is 19.2. The van der Waals surface area contributed by atoms with E-state index in [1.807, 2.05) is 41.1 Å². The van der Waals surface area contributed by atoms with Crippen molar-refractivity contribution in [1.82, 2.24) is 4.57 Å². The quantitative estimate of drug-likeness (QED) is 0.382. The highest BCUT2D eigenvalue weighted by molar-refractivity contribution is 6.02. The third-order valence-corrected chi connectivity index (χ3v) is 5.48. The van der Waals surface area contributed by atoms with Gasteiger partial charge in [0.25, 0.3) is 0 Å². The third kappa shape index (κ3) is 3.75. The van der Waals surface area contributed by atoms with Crippen LogP contribution in [0.5, 0.6) is 0 Å². The van der Waals surface area contributed by atoms with Gasteiger partial charge in [-0.1, -0.05) is 93.1 Å². The number of hydrogen-bond donors (Lipinski definition) is 0. The van der Waals surface area contributed by atoms with Gasteiger partial charge in [0.15, 0.2) is 0 Å². The summed E-state index contributed by atoms with van der Waals surface area (Å²) < 4.78 is 1.82. The van der Waals surface area contributed by atoms with Crippen LogP contribution in [0.4, 0.5) is 0 Å². The first-order valence-corrected chi connectivity index (χ1v) is 10.1. The van der Waals surface area contributed by atoms with Gasteiger partial charge in [-0.2, -0.15) is 0 Å². The van der Waals surface area contributed by atoms with E-state index in [9.17, 15) is 4.79 Å². The second-order valence-electron chi connectivity index (χ2n) is 8.78. The number of carbonyl (C=O) groups excluding carboxylic acids is 1. The van der Waals surface area contributed by atoms with E-state index in [4.69, 9.17) is 0 Å². The zero-order valence-electron chi connectivity index (χ0n) is 17.6. The minimum Gasteiger partial charge on any atom is -0.286 e. The Labute approximate surface area is 172 Å². The molecule has 0 unspecified atom stereocenters. The van der Waals surface area contributed by atoms with Crippen molar-refractivity contribution in [2.24, 2.45) is 0 Å². The molecule has 146 valence electrons. The number of fused-ring (bicyclic) bond motifs is 1. The summed E-state index contributed by atoms with van der Waals surface area (Å²) in [5.74, 6) is 0.0875. The van der Waals surface area contributed by atoms with Gasteiger partial charge in [-0.3, -0.25) is 9.36 Å². The number of aryl methyl sites for hydroxylation is 1. The minimum absolute atomic E-state index is 0.0195. The number of aromatic nitrogens is 1. The molecule has 4 rings (SSSR count). The largest absolute Gasteiger partial charge is 0.286 e. The molecule has 29 heavy (non-hydrogen) atoms. The molecular formula is C27H27NO. The Morgan fingerprint density at radius 1 is 0.828 bits per heavy atom. The van der Waals surface area contributed by atoms with Crippen molar-refractivity contribution in [2.75, 3.05) is 0 Å². The lowest BCUT2D eigenvalue weighted by molar-refractivity contribution is 0.0919. The van der Waals surface area contributed by atoms with E-state index < -0.39 is 0 Å². The van der Waals surface area contributed by atoms with Crippen LogP contribution < -0.4 is 0 Å². The van der Waals surface area contributed by atoms with Gasteiger partial charge in [0.05, 0.1) is 11.9 Å². The minimum atomic E-state index is 0.0195. The van der Waals surface area contributed by atoms with Crippen molar-refractivity contribution in [3.8, 4) is 11.1 Å². The predicted molar refractivity (Wildman–Crippen MR) is 122 cm³/mol. The Morgan fingerprint density at radius 2 is 1.48 bits per heavy atom. The normalized spacial score (nSPS) is 11.7. The van der Waals surface area contributed by atoms with Crippen molar-refractivity contribution in [2.45, 2.75) is 39.5 Å². The Bertz CT molecular complexity index is 1170. The molecule has 0 radical (unpaired) electrons. The molecule has 1 heterocycles. The van der Waals surface area contributed by atoms with Gasteiger partial charge in [0.1, 0.15) is 0 Å². The molecule has 2 heteroatoms. The molecule has 0 spiro atoms. The molecule has 3 aromatic carbocycles. The molecule has 0 N–H and O–H groups in total. The molecule has 4 aromatic rings. The first-order chi connectivity index (χ1) is 13.8. The van der Waals surface area contributed by atoms with Crippen LogP contribution in [-0.2, 0) is 11.8 Å². The summed E-state index contributed by atoms with van der Waals surface area (Å²) >= 11 is 0. The number of benzene rings is 3. The molecule has 0 amide bonds. The van der Waals surface area contributed by atoms with Crippen LogP contribution in [0.3, 0.4) is 0 Å². The van der Waals surface area contributed by atoms with Gasteiger partial charge >= 0.3 is 0 Å². The molecule has 0 saturated carbocycles. The highest BCUT2D eigenvalue weighted by atomic mass is 16.2. The smallest absolute Gasteiger partial charge is 0.235 e. The van der Waals surface area contributed by atoms with Gasteiger partial charge < -0.3 is 0 Å². The van der Waals surface area contributed by atoms with Crippen LogP contribution >= 0.6 is 0 Å². The zero-order chi connectivity index (χ0) is 20.6. The van der Waals surface area contributed by atoms with E-state index in [0.717, 1.165) is 22.0 Å². The Kier molecular flexibility index (Phi) is 4.87. The summed E-state index contributed by atoms with van der Waals surface area (Å²) in [5, 5.41) is 1.11. The van der Waals surface area contributed by atoms with Crippen LogP contribution in [0.15, 0.2) is 79.0 Å². The van der Waals surface area contributed by atoms with E-state index in [-0.39, 0.29) is 11.3 Å². The van der Waals surface area contributed by atoms with E-state index in [2.05, 4.69) is 70.2 Å². The molecule has 0 aliphatic rings. The van der Waals surface area contributed by atoms with Crippen LogP contribution in [-0.4, -0.2) is 10.5 Å². The van der Waals surface area contributed by atoms with Crippen LogP contribution in [0.25, 0.3) is 22.0 Å².